The summed E-state index contributed by atoms with van der Waals surface area (Å²) in [5.41, 5.74) is 1.92. The van der Waals surface area contributed by atoms with Crippen molar-refractivity contribution in [2.75, 3.05) is 14.2 Å². The maximum Gasteiger partial charge on any atom is 0.303 e. The van der Waals surface area contributed by atoms with Gasteiger partial charge in [-0.1, -0.05) is 30.4 Å². The molecule has 0 bridgehead atoms. The van der Waals surface area contributed by atoms with Gasteiger partial charge in [0.25, 0.3) is 0 Å². The maximum atomic E-state index is 10.6. The third-order valence-electron chi connectivity index (χ3n) is 5.78. The fourth-order valence-corrected chi connectivity index (χ4v) is 4.64. The van der Waals surface area contributed by atoms with Crippen LogP contribution in [0.5, 0.6) is 5.75 Å². The second-order valence-corrected chi connectivity index (χ2v) is 8.89. The number of benzene rings is 1. The van der Waals surface area contributed by atoms with Gasteiger partial charge >= 0.3 is 5.97 Å². The van der Waals surface area contributed by atoms with Gasteiger partial charge in [-0.15, -0.1) is 11.6 Å². The lowest BCUT2D eigenvalue weighted by atomic mass is 9.90. The molecule has 7 heteroatoms. The molecule has 1 aliphatic rings. The maximum absolute atomic E-state index is 10.6. The van der Waals surface area contributed by atoms with Crippen molar-refractivity contribution in [3.05, 3.63) is 53.6 Å². The van der Waals surface area contributed by atoms with Crippen molar-refractivity contribution in [2.24, 2.45) is 11.8 Å². The van der Waals surface area contributed by atoms with Gasteiger partial charge in [-0.3, -0.25) is 4.79 Å². The average Bonchev–Trinajstić information content (AvgIpc) is 3.01. The molecular formula is C25H35ClO6. The van der Waals surface area contributed by atoms with E-state index < -0.39 is 18.2 Å². The number of allylic oxidation sites excluding steroid dienone is 2. The zero-order chi connectivity index (χ0) is 23.5. The van der Waals surface area contributed by atoms with Gasteiger partial charge in [0, 0.05) is 31.2 Å². The predicted octanol–water partition coefficient (Wildman–Crippen LogP) is 4.11. The molecule has 3 N–H and O–H groups in total. The Morgan fingerprint density at radius 2 is 2.00 bits per heavy atom. The van der Waals surface area contributed by atoms with Crippen molar-refractivity contribution in [1.29, 1.82) is 0 Å². The molecule has 0 aliphatic heterocycles. The van der Waals surface area contributed by atoms with Crippen LogP contribution < -0.4 is 4.74 Å². The van der Waals surface area contributed by atoms with E-state index in [9.17, 15) is 15.0 Å². The first-order valence-corrected chi connectivity index (χ1v) is 11.5. The molecule has 1 aromatic rings. The second kappa shape index (κ2) is 13.6. The summed E-state index contributed by atoms with van der Waals surface area (Å²) in [6.45, 7) is 0.465. The Labute approximate surface area is 195 Å². The van der Waals surface area contributed by atoms with Gasteiger partial charge < -0.3 is 24.8 Å². The van der Waals surface area contributed by atoms with Gasteiger partial charge in [-0.05, 0) is 54.9 Å². The van der Waals surface area contributed by atoms with Crippen molar-refractivity contribution in [3.63, 3.8) is 0 Å². The summed E-state index contributed by atoms with van der Waals surface area (Å²) in [5.74, 6) is -0.135. The summed E-state index contributed by atoms with van der Waals surface area (Å²) in [7, 11) is 3.24. The van der Waals surface area contributed by atoms with Crippen LogP contribution in [-0.2, 0) is 22.6 Å². The Bertz CT molecular complexity index is 778. The van der Waals surface area contributed by atoms with E-state index in [1.54, 1.807) is 20.3 Å². The number of carbonyl (C=O) groups is 1. The largest absolute Gasteiger partial charge is 0.497 e. The standard InChI is InChI=1S/C25H35ClO6/c1-31-16-18-11-17(13-20(14-18)32-2)12-19(27)9-10-22-21(23(26)15-24(22)28)7-5-3-4-6-8-25(29)30/h3,5,9-11,13-14,19,21-24,27-28H,4,6-8,12,15-16H2,1-2H3,(H,29,30)/b5-3-,10-9+/t19?,21-,22-,23+,24-/m1/s1. The highest BCUT2D eigenvalue weighted by atomic mass is 35.5. The molecule has 0 radical (unpaired) electrons. The van der Waals surface area contributed by atoms with Crippen LogP contribution in [0.3, 0.4) is 0 Å². The van der Waals surface area contributed by atoms with Gasteiger partial charge in [0.1, 0.15) is 5.75 Å². The number of halogens is 1. The van der Waals surface area contributed by atoms with E-state index >= 15 is 0 Å². The van der Waals surface area contributed by atoms with E-state index in [2.05, 4.69) is 0 Å². The van der Waals surface area contributed by atoms with E-state index in [1.165, 1.54) is 0 Å². The molecule has 1 saturated carbocycles. The molecule has 0 saturated heterocycles. The van der Waals surface area contributed by atoms with Crippen molar-refractivity contribution < 1.29 is 29.6 Å². The van der Waals surface area contributed by atoms with E-state index in [0.29, 0.717) is 38.7 Å². The Morgan fingerprint density at radius 3 is 2.69 bits per heavy atom. The third-order valence-corrected chi connectivity index (χ3v) is 6.28. The van der Waals surface area contributed by atoms with E-state index in [4.69, 9.17) is 26.2 Å². The lowest BCUT2D eigenvalue weighted by Gasteiger charge is -2.19. The number of rotatable bonds is 13. The van der Waals surface area contributed by atoms with Gasteiger partial charge in [0.15, 0.2) is 0 Å². The molecular weight excluding hydrogens is 432 g/mol. The normalized spacial score (nSPS) is 24.4. The minimum atomic E-state index is -0.786. The fourth-order valence-electron chi connectivity index (χ4n) is 4.19. The topological polar surface area (TPSA) is 96.2 Å². The molecule has 178 valence electrons. The quantitative estimate of drug-likeness (QED) is 0.230. The monoisotopic (exact) mass is 466 g/mol. The molecule has 0 heterocycles. The molecule has 6 nitrogen and oxygen atoms in total. The Kier molecular flexibility index (Phi) is 11.2. The lowest BCUT2D eigenvalue weighted by molar-refractivity contribution is -0.137. The first-order valence-electron chi connectivity index (χ1n) is 11.0. The van der Waals surface area contributed by atoms with E-state index in [1.807, 2.05) is 36.4 Å². The van der Waals surface area contributed by atoms with Crippen LogP contribution in [0, 0.1) is 11.8 Å². The summed E-state index contributed by atoms with van der Waals surface area (Å²) in [6, 6.07) is 5.79. The van der Waals surface area contributed by atoms with Gasteiger partial charge in [0.05, 0.1) is 25.9 Å². The fraction of sp³-hybridized carbons (Fsp3) is 0.560. The zero-order valence-electron chi connectivity index (χ0n) is 18.8. The number of methoxy groups -OCH3 is 2. The summed E-state index contributed by atoms with van der Waals surface area (Å²) >= 11 is 6.48. The molecule has 5 atom stereocenters. The molecule has 0 spiro atoms. The van der Waals surface area contributed by atoms with Gasteiger partial charge in [-0.2, -0.15) is 0 Å². The SMILES string of the molecule is COCc1cc(CC(O)/C=C/[C@@H]2[C@@H](C/C=C\CCCC(=O)O)[C@@H](Cl)C[C@H]2O)cc(OC)c1. The minimum Gasteiger partial charge on any atom is -0.497 e. The van der Waals surface area contributed by atoms with Crippen molar-refractivity contribution in [2.45, 2.75) is 62.7 Å². The molecule has 1 unspecified atom stereocenters. The predicted molar refractivity (Wildman–Crippen MR) is 125 cm³/mol. The molecule has 1 fully saturated rings. The zero-order valence-corrected chi connectivity index (χ0v) is 19.6. The van der Waals surface area contributed by atoms with Crippen LogP contribution >= 0.6 is 11.6 Å². The van der Waals surface area contributed by atoms with E-state index in [0.717, 1.165) is 16.9 Å². The highest BCUT2D eigenvalue weighted by molar-refractivity contribution is 6.21. The third kappa shape index (κ3) is 8.58. The highest BCUT2D eigenvalue weighted by Gasteiger charge is 2.39. The molecule has 0 aromatic heterocycles. The van der Waals surface area contributed by atoms with Crippen LogP contribution in [0.1, 0.15) is 43.2 Å². The molecule has 2 rings (SSSR count). The number of aliphatic hydroxyl groups is 2. The smallest absolute Gasteiger partial charge is 0.303 e. The molecule has 32 heavy (non-hydrogen) atoms. The highest BCUT2D eigenvalue weighted by Crippen LogP contribution is 2.39. The number of unbranched alkanes of at least 4 members (excludes halogenated alkanes) is 1. The van der Waals surface area contributed by atoms with Crippen molar-refractivity contribution in [1.82, 2.24) is 0 Å². The Hall–Kier alpha value is -1.86. The minimum absolute atomic E-state index is 0.0657. The summed E-state index contributed by atoms with van der Waals surface area (Å²) in [5, 5.41) is 29.6. The second-order valence-electron chi connectivity index (χ2n) is 8.33. The van der Waals surface area contributed by atoms with Crippen LogP contribution in [-0.4, -0.2) is 53.1 Å². The Balaban J connectivity index is 1.96. The number of aliphatic carboxylic acids is 1. The first kappa shape index (κ1) is 26.4. The Morgan fingerprint density at radius 1 is 1.25 bits per heavy atom. The molecule has 1 aromatic carbocycles. The lowest BCUT2D eigenvalue weighted by Crippen LogP contribution is -2.19. The van der Waals surface area contributed by atoms with Crippen molar-refractivity contribution in [3.8, 4) is 5.75 Å². The van der Waals surface area contributed by atoms with Gasteiger partial charge in [0.2, 0.25) is 0 Å². The van der Waals surface area contributed by atoms with E-state index in [-0.39, 0.29) is 23.6 Å². The average molecular weight is 467 g/mol. The van der Waals surface area contributed by atoms with Gasteiger partial charge in [-0.25, -0.2) is 0 Å². The van der Waals surface area contributed by atoms with Crippen LogP contribution in [0.4, 0.5) is 0 Å². The summed E-state index contributed by atoms with van der Waals surface area (Å²) in [4.78, 5) is 10.6. The van der Waals surface area contributed by atoms with Crippen LogP contribution in [0.25, 0.3) is 0 Å². The van der Waals surface area contributed by atoms with Crippen LogP contribution in [0.2, 0.25) is 0 Å². The number of carboxylic acids is 1. The van der Waals surface area contributed by atoms with Crippen molar-refractivity contribution >= 4 is 17.6 Å². The number of hydrogen-bond acceptors (Lipinski definition) is 5. The number of ether oxygens (including phenoxy) is 2. The number of alkyl halides is 1. The number of hydrogen-bond donors (Lipinski definition) is 3. The molecule has 1 aliphatic carbocycles. The summed E-state index contributed by atoms with van der Waals surface area (Å²) < 4.78 is 10.5. The number of aliphatic hydroxyl groups excluding tert-OH is 2. The number of carboxylic acid groups (broad SMARTS) is 1. The van der Waals surface area contributed by atoms with Crippen LogP contribution in [0.15, 0.2) is 42.5 Å². The first-order chi connectivity index (χ1) is 15.3. The molecule has 0 amide bonds. The summed E-state index contributed by atoms with van der Waals surface area (Å²) in [6.07, 6.45) is 9.49.